The van der Waals surface area contributed by atoms with Crippen LogP contribution in [0.5, 0.6) is 11.5 Å². The molecule has 0 heterocycles. The van der Waals surface area contributed by atoms with E-state index in [0.29, 0.717) is 5.75 Å². The monoisotopic (exact) mass is 920 g/mol. The molecule has 0 atom stereocenters. The zero-order valence-corrected chi connectivity index (χ0v) is 28.1. The first-order chi connectivity index (χ1) is 17.7. The molecule has 2 aromatic carbocycles. The Labute approximate surface area is 246 Å². The summed E-state index contributed by atoms with van der Waals surface area (Å²) in [6.07, 6.45) is -3.07. The van der Waals surface area contributed by atoms with Gasteiger partial charge < -0.3 is 0 Å². The minimum absolute atomic E-state index is 0.0223. The molecule has 8 nitrogen and oxygen atoms in total. The van der Waals surface area contributed by atoms with Gasteiger partial charge in [-0.2, -0.15) is 0 Å². The van der Waals surface area contributed by atoms with Crippen LogP contribution in [0.25, 0.3) is 0 Å². The fraction of sp³-hybridized carbons (Fsp3) is 0.391. The van der Waals surface area contributed by atoms with Crippen molar-refractivity contribution in [3.63, 3.8) is 0 Å². The summed E-state index contributed by atoms with van der Waals surface area (Å²) in [5, 5.41) is -5.75. The average molecular weight is 918 g/mol. The topological polar surface area (TPSA) is 116 Å². The summed E-state index contributed by atoms with van der Waals surface area (Å²) in [6.45, 7) is 5.03. The standard InChI is InChI=1S/C23H24F4I2O8STe/c1-21(2,3)37-20(31)14-35-15-4-8-17(9-5-15)39(28,29)18-10-6-16(7-11-18)36-19(30)12-13-22(24,25)23(26,27)38(32,33)34/h4-11H,12-14H2,1-3H3,(H,32,33,34). The third-order valence-corrected chi connectivity index (χ3v) is 24.2. The summed E-state index contributed by atoms with van der Waals surface area (Å²) in [5.41, 5.74) is -0.619. The fourth-order valence-electron chi connectivity index (χ4n) is 2.81. The number of ether oxygens (including phenoxy) is 3. The average Bonchev–Trinajstić information content (AvgIpc) is 2.80. The summed E-state index contributed by atoms with van der Waals surface area (Å²) in [5.74, 6) is -6.50. The molecule has 16 heteroatoms. The Kier molecular flexibility index (Phi) is 11.4. The van der Waals surface area contributed by atoms with Crippen molar-refractivity contribution in [2.45, 2.75) is 50.4 Å². The van der Waals surface area contributed by atoms with E-state index < -0.39 is 62.0 Å². The molecule has 0 bridgehead atoms. The van der Waals surface area contributed by atoms with Crippen molar-refractivity contribution in [3.8, 4) is 11.5 Å². The van der Waals surface area contributed by atoms with Crippen LogP contribution in [0.1, 0.15) is 33.6 Å². The van der Waals surface area contributed by atoms with E-state index in [0.717, 1.165) is 7.22 Å². The molecule has 2 aromatic rings. The zero-order chi connectivity index (χ0) is 29.9. The molecule has 0 aliphatic carbocycles. The molecule has 0 radical (unpaired) electrons. The minimum atomic E-state index is -6.38. The first-order valence-electron chi connectivity index (χ1n) is 10.9. The second-order valence-corrected chi connectivity index (χ2v) is 44.8. The van der Waals surface area contributed by atoms with Crippen molar-refractivity contribution in [3.05, 3.63) is 48.5 Å². The second kappa shape index (κ2) is 12.9. The fourth-order valence-corrected chi connectivity index (χ4v) is 14.7. The van der Waals surface area contributed by atoms with Crippen molar-refractivity contribution >= 4 is 77.0 Å². The number of benzene rings is 2. The van der Waals surface area contributed by atoms with Gasteiger partial charge in [0, 0.05) is 0 Å². The summed E-state index contributed by atoms with van der Waals surface area (Å²) in [7, 11) is -9.31. The molecule has 0 saturated carbocycles. The van der Waals surface area contributed by atoms with Crippen LogP contribution >= 0.6 is 37.4 Å². The van der Waals surface area contributed by atoms with Crippen LogP contribution in [-0.2, 0) is 24.4 Å². The first kappa shape index (κ1) is 34.3. The Bertz CT molecular complexity index is 1280. The van der Waals surface area contributed by atoms with Gasteiger partial charge >= 0.3 is 248 Å². The molecule has 0 saturated heterocycles. The van der Waals surface area contributed by atoms with Crippen LogP contribution in [-0.4, -0.2) is 58.6 Å². The molecule has 0 unspecified atom stereocenters. The normalized spacial score (nSPS) is 13.5. The number of hydrogen-bond acceptors (Lipinski definition) is 7. The first-order valence-corrected chi connectivity index (χ1v) is 28.2. The van der Waals surface area contributed by atoms with Crippen LogP contribution in [0.2, 0.25) is 0 Å². The Morgan fingerprint density at radius 1 is 0.872 bits per heavy atom. The molecule has 0 fully saturated rings. The van der Waals surface area contributed by atoms with Crippen LogP contribution in [0.4, 0.5) is 17.6 Å². The van der Waals surface area contributed by atoms with Gasteiger partial charge in [0.25, 0.3) is 0 Å². The number of alkyl halides is 4. The zero-order valence-electron chi connectivity index (χ0n) is 20.6. The number of carbonyl (C=O) groups is 2. The predicted molar refractivity (Wildman–Crippen MR) is 154 cm³/mol. The third-order valence-electron chi connectivity index (χ3n) is 4.64. The second-order valence-electron chi connectivity index (χ2n) is 8.96. The SMILES string of the molecule is CC(C)(C)OC(=O)COc1ccc([Te](I)(I)c2ccc(OC(=O)CCC(F)(F)C(F)(F)S(=O)(=O)O)cc2)cc1. The van der Waals surface area contributed by atoms with E-state index in [1.807, 2.05) is 12.1 Å². The van der Waals surface area contributed by atoms with Crippen molar-refractivity contribution in [1.29, 1.82) is 0 Å². The Hall–Kier alpha value is -0.940. The molecule has 39 heavy (non-hydrogen) atoms. The van der Waals surface area contributed by atoms with Gasteiger partial charge in [-0.25, -0.2) is 0 Å². The molecular formula is C23H24F4I2O8STe. The van der Waals surface area contributed by atoms with E-state index in [1.165, 1.54) is 12.1 Å². The van der Waals surface area contributed by atoms with E-state index in [-0.39, 0.29) is 12.4 Å². The van der Waals surface area contributed by atoms with Crippen molar-refractivity contribution in [2.75, 3.05) is 6.61 Å². The summed E-state index contributed by atoms with van der Waals surface area (Å²) in [6, 6.07) is 13.4. The van der Waals surface area contributed by atoms with Crippen LogP contribution in [0.3, 0.4) is 0 Å². The van der Waals surface area contributed by atoms with Crippen molar-refractivity contribution in [2.24, 2.45) is 0 Å². The molecule has 0 aliphatic rings. The van der Waals surface area contributed by atoms with Gasteiger partial charge in [0.2, 0.25) is 0 Å². The van der Waals surface area contributed by atoms with Gasteiger partial charge in [-0.15, -0.1) is 0 Å². The predicted octanol–water partition coefficient (Wildman–Crippen LogP) is 4.64. The summed E-state index contributed by atoms with van der Waals surface area (Å²) in [4.78, 5) is 23.7. The molecule has 1 N–H and O–H groups in total. The number of carbonyl (C=O) groups excluding carboxylic acids is 2. The third kappa shape index (κ3) is 9.55. The van der Waals surface area contributed by atoms with Gasteiger partial charge in [-0.05, 0) is 0 Å². The molecule has 2 rings (SSSR count). The maximum atomic E-state index is 13.6. The van der Waals surface area contributed by atoms with Crippen molar-refractivity contribution < 1.29 is 54.3 Å². The van der Waals surface area contributed by atoms with E-state index in [4.69, 9.17) is 18.8 Å². The molecule has 0 aliphatic heterocycles. The Balaban J connectivity index is 2.00. The number of rotatable bonds is 11. The van der Waals surface area contributed by atoms with E-state index in [2.05, 4.69) is 37.4 Å². The maximum absolute atomic E-state index is 13.6. The van der Waals surface area contributed by atoms with Crippen LogP contribution in [0.15, 0.2) is 48.5 Å². The molecule has 218 valence electrons. The molecule has 0 amide bonds. The number of hydrogen-bond donors (Lipinski definition) is 1. The quantitative estimate of drug-likeness (QED) is 0.0868. The Morgan fingerprint density at radius 2 is 1.33 bits per heavy atom. The van der Waals surface area contributed by atoms with Crippen molar-refractivity contribution in [1.82, 2.24) is 0 Å². The molecular weight excluding hydrogens is 894 g/mol. The van der Waals surface area contributed by atoms with Gasteiger partial charge in [0.15, 0.2) is 0 Å². The van der Waals surface area contributed by atoms with Gasteiger partial charge in [-0.1, -0.05) is 0 Å². The van der Waals surface area contributed by atoms with Crippen LogP contribution in [0, 0.1) is 0 Å². The molecule has 0 spiro atoms. The van der Waals surface area contributed by atoms with Gasteiger partial charge in [0.05, 0.1) is 0 Å². The summed E-state index contributed by atoms with van der Waals surface area (Å²) >= 11 is 4.74. The Morgan fingerprint density at radius 3 is 1.77 bits per heavy atom. The van der Waals surface area contributed by atoms with Gasteiger partial charge in [0.1, 0.15) is 0 Å². The van der Waals surface area contributed by atoms with E-state index >= 15 is 0 Å². The van der Waals surface area contributed by atoms with E-state index in [9.17, 15) is 35.6 Å². The van der Waals surface area contributed by atoms with Crippen LogP contribution < -0.4 is 16.7 Å². The van der Waals surface area contributed by atoms with E-state index in [1.54, 1.807) is 45.0 Å². The van der Waals surface area contributed by atoms with Gasteiger partial charge in [-0.3, -0.25) is 0 Å². The summed E-state index contributed by atoms with van der Waals surface area (Å²) < 4.78 is 101. The number of halogens is 6. The number of esters is 2. The molecule has 0 aromatic heterocycles.